The van der Waals surface area contributed by atoms with Crippen LogP contribution in [0.25, 0.3) is 11.4 Å². The second-order valence-electron chi connectivity index (χ2n) is 8.38. The molecule has 0 aliphatic carbocycles. The van der Waals surface area contributed by atoms with Crippen molar-refractivity contribution in [3.05, 3.63) is 111 Å². The number of Topliss-reactive ketones (excluding diaryl/α,β-unsaturated/α-hetero) is 1. The lowest BCUT2D eigenvalue weighted by Gasteiger charge is -2.25. The van der Waals surface area contributed by atoms with Gasteiger partial charge in [0.2, 0.25) is 0 Å². The van der Waals surface area contributed by atoms with Gasteiger partial charge in [-0.15, -0.1) is 0 Å². The zero-order chi connectivity index (χ0) is 24.7. The number of fused-ring (bicyclic) bond motifs is 1. The molecule has 1 amide bonds. The zero-order valence-electron chi connectivity index (χ0n) is 18.8. The van der Waals surface area contributed by atoms with Gasteiger partial charge in [-0.1, -0.05) is 65.7 Å². The normalized spacial score (nSPS) is 17.5. The summed E-state index contributed by atoms with van der Waals surface area (Å²) in [4.78, 5) is 32.6. The number of benzene rings is 2. The summed E-state index contributed by atoms with van der Waals surface area (Å²) in [6, 6.07) is 19.3. The van der Waals surface area contributed by atoms with Crippen molar-refractivity contribution in [3.63, 3.8) is 0 Å². The lowest BCUT2D eigenvalue weighted by atomic mass is 9.96. The highest BCUT2D eigenvalue weighted by atomic mass is 35.5. The van der Waals surface area contributed by atoms with Crippen LogP contribution in [-0.4, -0.2) is 37.6 Å². The molecule has 1 saturated heterocycles. The Labute approximate surface area is 212 Å². The van der Waals surface area contributed by atoms with Gasteiger partial charge in [0.25, 0.3) is 11.7 Å². The maximum Gasteiger partial charge on any atom is 0.295 e. The maximum absolute atomic E-state index is 13.3. The van der Waals surface area contributed by atoms with Crippen LogP contribution in [0.15, 0.2) is 78.5 Å². The number of amides is 1. The van der Waals surface area contributed by atoms with Crippen LogP contribution in [0.1, 0.15) is 28.6 Å². The van der Waals surface area contributed by atoms with E-state index in [1.807, 2.05) is 36.4 Å². The van der Waals surface area contributed by atoms with Gasteiger partial charge in [-0.25, -0.2) is 4.98 Å². The topological polar surface area (TPSA) is 74.9 Å². The van der Waals surface area contributed by atoms with Gasteiger partial charge >= 0.3 is 0 Å². The third-order valence-corrected chi connectivity index (χ3v) is 6.95. The highest BCUT2D eigenvalue weighted by Crippen LogP contribution is 2.41. The fourth-order valence-electron chi connectivity index (χ4n) is 4.56. The summed E-state index contributed by atoms with van der Waals surface area (Å²) in [5.41, 5.74) is 3.13. The van der Waals surface area contributed by atoms with E-state index in [9.17, 15) is 14.7 Å². The van der Waals surface area contributed by atoms with Crippen molar-refractivity contribution >= 4 is 46.3 Å². The number of likely N-dealkylation sites (tertiary alicyclic amines) is 1. The van der Waals surface area contributed by atoms with E-state index in [2.05, 4.69) is 4.98 Å². The minimum atomic E-state index is -0.831. The Morgan fingerprint density at radius 3 is 2.49 bits per heavy atom. The van der Waals surface area contributed by atoms with Crippen LogP contribution in [0.2, 0.25) is 10.0 Å². The molecule has 1 N–H and O–H groups in total. The van der Waals surface area contributed by atoms with Gasteiger partial charge in [0.15, 0.2) is 5.76 Å². The fourth-order valence-corrected chi connectivity index (χ4v) is 4.87. The number of carbonyl (C=O) groups is 2. The number of imidazole rings is 1. The highest BCUT2D eigenvalue weighted by molar-refractivity contribution is 6.46. The molecule has 176 valence electrons. The lowest BCUT2D eigenvalue weighted by molar-refractivity contribution is -0.139. The molecule has 0 spiro atoms. The van der Waals surface area contributed by atoms with Gasteiger partial charge in [0.05, 0.1) is 27.4 Å². The predicted octanol–water partition coefficient (Wildman–Crippen LogP) is 5.61. The number of aryl methyl sites for hydroxylation is 1. The molecule has 0 saturated carbocycles. The second-order valence-corrected chi connectivity index (χ2v) is 9.19. The van der Waals surface area contributed by atoms with Crippen molar-refractivity contribution in [2.45, 2.75) is 19.4 Å². The maximum atomic E-state index is 13.3. The number of pyridine rings is 1. The minimum Gasteiger partial charge on any atom is -0.505 e. The number of halogens is 2. The molecule has 8 heteroatoms. The first-order valence-electron chi connectivity index (χ1n) is 11.1. The molecule has 1 aliphatic heterocycles. The Morgan fingerprint density at radius 1 is 1.00 bits per heavy atom. The molecule has 1 aliphatic rings. The monoisotopic (exact) mass is 505 g/mol. The summed E-state index contributed by atoms with van der Waals surface area (Å²) in [6.45, 7) is 2.03. The Morgan fingerprint density at radius 2 is 1.74 bits per heavy atom. The average molecular weight is 506 g/mol. The number of hydrogen-bond acceptors (Lipinski definition) is 4. The minimum absolute atomic E-state index is 0.00444. The van der Waals surface area contributed by atoms with E-state index in [4.69, 9.17) is 23.2 Å². The predicted molar refractivity (Wildman–Crippen MR) is 136 cm³/mol. The highest BCUT2D eigenvalue weighted by Gasteiger charge is 2.46. The van der Waals surface area contributed by atoms with Crippen molar-refractivity contribution in [2.75, 3.05) is 6.54 Å². The molecule has 6 nitrogen and oxygen atoms in total. The summed E-state index contributed by atoms with van der Waals surface area (Å²) < 4.78 is 1.70. The number of hydrogen-bond donors (Lipinski definition) is 1. The number of aliphatic hydroxyl groups is 1. The fraction of sp³-hybridized carbons (Fsp3) is 0.148. The van der Waals surface area contributed by atoms with Gasteiger partial charge in [-0.05, 0) is 48.7 Å². The second kappa shape index (κ2) is 9.21. The quantitative estimate of drug-likeness (QED) is 0.217. The van der Waals surface area contributed by atoms with E-state index in [1.165, 1.54) is 4.90 Å². The van der Waals surface area contributed by atoms with Crippen LogP contribution in [0, 0.1) is 6.92 Å². The van der Waals surface area contributed by atoms with Gasteiger partial charge < -0.3 is 10.0 Å². The van der Waals surface area contributed by atoms with Crippen LogP contribution < -0.4 is 0 Å². The molecule has 5 rings (SSSR count). The summed E-state index contributed by atoms with van der Waals surface area (Å²) in [7, 11) is 0. The number of aliphatic hydroxyl groups excluding tert-OH is 1. The molecule has 4 aromatic rings. The summed E-state index contributed by atoms with van der Waals surface area (Å²) in [5.74, 6) is -1.71. The number of ketones is 1. The first-order chi connectivity index (χ1) is 16.9. The smallest absolute Gasteiger partial charge is 0.295 e. The molecular formula is C27H21Cl2N3O3. The summed E-state index contributed by atoms with van der Waals surface area (Å²) in [6.07, 6.45) is 2.30. The number of carbonyl (C=O) groups excluding carboxylic acids is 2. The van der Waals surface area contributed by atoms with E-state index in [0.717, 1.165) is 5.56 Å². The van der Waals surface area contributed by atoms with Crippen LogP contribution in [0.5, 0.6) is 0 Å². The molecule has 0 radical (unpaired) electrons. The van der Waals surface area contributed by atoms with Crippen molar-refractivity contribution in [1.29, 1.82) is 0 Å². The van der Waals surface area contributed by atoms with Crippen molar-refractivity contribution in [1.82, 2.24) is 14.3 Å². The van der Waals surface area contributed by atoms with Gasteiger partial charge in [0.1, 0.15) is 11.3 Å². The van der Waals surface area contributed by atoms with Crippen LogP contribution in [0.4, 0.5) is 0 Å². The molecule has 2 aromatic heterocycles. The largest absolute Gasteiger partial charge is 0.505 e. The van der Waals surface area contributed by atoms with E-state index >= 15 is 0 Å². The average Bonchev–Trinajstić information content (AvgIpc) is 3.32. The molecule has 1 atom stereocenters. The number of aromatic nitrogens is 2. The lowest BCUT2D eigenvalue weighted by Crippen LogP contribution is -2.31. The van der Waals surface area contributed by atoms with Gasteiger partial charge in [0, 0.05) is 12.7 Å². The molecule has 1 unspecified atom stereocenters. The first kappa shape index (κ1) is 23.1. The summed E-state index contributed by atoms with van der Waals surface area (Å²) >= 11 is 12.4. The van der Waals surface area contributed by atoms with Crippen molar-refractivity contribution in [3.8, 4) is 0 Å². The van der Waals surface area contributed by atoms with Crippen molar-refractivity contribution in [2.24, 2.45) is 0 Å². The van der Waals surface area contributed by atoms with Crippen LogP contribution in [-0.2, 0) is 16.0 Å². The van der Waals surface area contributed by atoms with E-state index in [-0.39, 0.29) is 17.9 Å². The third kappa shape index (κ3) is 4.09. The van der Waals surface area contributed by atoms with Crippen LogP contribution in [0.3, 0.4) is 0 Å². The van der Waals surface area contributed by atoms with E-state index < -0.39 is 17.7 Å². The molecule has 1 fully saturated rings. The van der Waals surface area contributed by atoms with Crippen molar-refractivity contribution < 1.29 is 14.7 Å². The zero-order valence-corrected chi connectivity index (χ0v) is 20.3. The number of nitrogens with zero attached hydrogens (tertiary/aromatic N) is 3. The standard InChI is InChI=1S/C27H21Cl2N3O3/c1-16-23(31-13-6-5-9-21(31)30-16)25(33)22-24(18-10-11-19(28)20(29)15-18)32(27(35)26(22)34)14-12-17-7-3-2-4-8-17/h2-11,13,15,24,33H,12,14H2,1H3. The summed E-state index contributed by atoms with van der Waals surface area (Å²) in [5, 5.41) is 12.1. The molecular weight excluding hydrogens is 485 g/mol. The Kier molecular flexibility index (Phi) is 6.09. The Bertz CT molecular complexity index is 1490. The molecule has 0 bridgehead atoms. The molecule has 35 heavy (non-hydrogen) atoms. The Balaban J connectivity index is 1.67. The molecule has 2 aromatic carbocycles. The van der Waals surface area contributed by atoms with E-state index in [0.29, 0.717) is 39.1 Å². The number of rotatable bonds is 5. The van der Waals surface area contributed by atoms with Crippen LogP contribution >= 0.6 is 23.2 Å². The van der Waals surface area contributed by atoms with Gasteiger partial charge in [-0.2, -0.15) is 0 Å². The first-order valence-corrected chi connectivity index (χ1v) is 11.8. The third-order valence-electron chi connectivity index (χ3n) is 6.21. The SMILES string of the molecule is Cc1nc2ccccn2c1C(O)=C1C(=O)C(=O)N(CCc2ccccc2)C1c1ccc(Cl)c(Cl)c1. The molecule has 3 heterocycles. The Hall–Kier alpha value is -3.61. The van der Waals surface area contributed by atoms with Gasteiger partial charge in [-0.3, -0.25) is 14.0 Å². The van der Waals surface area contributed by atoms with E-state index in [1.54, 1.807) is 47.9 Å².